The Labute approximate surface area is 90.7 Å². The van der Waals surface area contributed by atoms with E-state index in [-0.39, 0.29) is 6.10 Å². The monoisotopic (exact) mass is 217 g/mol. The van der Waals surface area contributed by atoms with Crippen molar-refractivity contribution in [1.82, 2.24) is 9.80 Å². The van der Waals surface area contributed by atoms with Crippen molar-refractivity contribution < 1.29 is 5.11 Å². The van der Waals surface area contributed by atoms with Gasteiger partial charge in [0.2, 0.25) is 0 Å². The maximum absolute atomic E-state index is 9.55. The normalized spacial score (nSPS) is 28.6. The first-order valence-electron chi connectivity index (χ1n) is 4.84. The molecule has 0 aromatic carbocycles. The summed E-state index contributed by atoms with van der Waals surface area (Å²) in [5.41, 5.74) is 5.51. The molecule has 4 nitrogen and oxygen atoms in total. The highest BCUT2D eigenvalue weighted by atomic mass is 32.1. The van der Waals surface area contributed by atoms with Gasteiger partial charge in [0, 0.05) is 25.7 Å². The second-order valence-corrected chi connectivity index (χ2v) is 4.73. The summed E-state index contributed by atoms with van der Waals surface area (Å²) in [5.74, 6) is 0. The highest BCUT2D eigenvalue weighted by Gasteiger charge is 2.30. The zero-order valence-electron chi connectivity index (χ0n) is 8.81. The van der Waals surface area contributed by atoms with E-state index in [1.807, 2.05) is 14.1 Å². The number of aliphatic hydroxyl groups is 1. The van der Waals surface area contributed by atoms with Crippen LogP contribution < -0.4 is 5.73 Å². The Morgan fingerprint density at radius 2 is 2.29 bits per heavy atom. The molecule has 0 bridgehead atoms. The van der Waals surface area contributed by atoms with Gasteiger partial charge in [-0.25, -0.2) is 0 Å². The molecule has 1 saturated heterocycles. The van der Waals surface area contributed by atoms with Crippen LogP contribution in [0.2, 0.25) is 0 Å². The Kier molecular flexibility index (Phi) is 4.25. The summed E-state index contributed by atoms with van der Waals surface area (Å²) in [7, 11) is 4.06. The van der Waals surface area contributed by atoms with E-state index in [4.69, 9.17) is 18.0 Å². The second kappa shape index (κ2) is 5.02. The molecule has 1 aliphatic heterocycles. The fraction of sp³-hybridized carbons (Fsp3) is 0.889. The molecule has 1 aliphatic rings. The standard InChI is InChI=1S/C9H19N3OS/c1-11(2)4-7-3-8(13)5-12(7)6-9(10)14/h7-8,13H,3-6H2,1-2H3,(H2,10,14). The molecule has 82 valence electrons. The number of hydrogen-bond acceptors (Lipinski definition) is 4. The zero-order chi connectivity index (χ0) is 10.7. The summed E-state index contributed by atoms with van der Waals surface area (Å²) < 4.78 is 0. The van der Waals surface area contributed by atoms with Gasteiger partial charge in [-0.3, -0.25) is 4.90 Å². The number of nitrogens with zero attached hydrogens (tertiary/aromatic N) is 2. The number of aliphatic hydroxyl groups excluding tert-OH is 1. The van der Waals surface area contributed by atoms with Gasteiger partial charge in [0.25, 0.3) is 0 Å². The van der Waals surface area contributed by atoms with Gasteiger partial charge in [-0.1, -0.05) is 12.2 Å². The lowest BCUT2D eigenvalue weighted by Crippen LogP contribution is -2.41. The first kappa shape index (κ1) is 11.8. The zero-order valence-corrected chi connectivity index (χ0v) is 9.63. The molecule has 1 fully saturated rings. The molecule has 0 aromatic rings. The largest absolute Gasteiger partial charge is 0.392 e. The average molecular weight is 217 g/mol. The number of nitrogens with two attached hydrogens (primary N) is 1. The molecule has 2 atom stereocenters. The van der Waals surface area contributed by atoms with E-state index in [1.165, 1.54) is 0 Å². The lowest BCUT2D eigenvalue weighted by atomic mass is 10.2. The Balaban J connectivity index is 2.49. The minimum Gasteiger partial charge on any atom is -0.392 e. The molecule has 2 unspecified atom stereocenters. The summed E-state index contributed by atoms with van der Waals surface area (Å²) in [6, 6.07) is 0.376. The highest BCUT2D eigenvalue weighted by Crippen LogP contribution is 2.17. The average Bonchev–Trinajstić information content (AvgIpc) is 2.28. The number of likely N-dealkylation sites (N-methyl/N-ethyl adjacent to an activating group) is 1. The highest BCUT2D eigenvalue weighted by molar-refractivity contribution is 7.80. The summed E-state index contributed by atoms with van der Waals surface area (Å²) >= 11 is 4.88. The molecule has 0 aromatic heterocycles. The molecule has 3 N–H and O–H groups in total. The van der Waals surface area contributed by atoms with Crippen LogP contribution in [0.25, 0.3) is 0 Å². The molecular formula is C9H19N3OS. The van der Waals surface area contributed by atoms with E-state index in [1.54, 1.807) is 0 Å². The molecule has 5 heteroatoms. The maximum atomic E-state index is 9.55. The second-order valence-electron chi connectivity index (χ2n) is 4.20. The number of hydrogen-bond donors (Lipinski definition) is 2. The Bertz CT molecular complexity index is 210. The number of thiocarbonyl (C=S) groups is 1. The van der Waals surface area contributed by atoms with Crippen LogP contribution in [0.4, 0.5) is 0 Å². The summed E-state index contributed by atoms with van der Waals surface area (Å²) in [6.07, 6.45) is 0.593. The van der Waals surface area contributed by atoms with Gasteiger partial charge in [0.05, 0.1) is 11.1 Å². The van der Waals surface area contributed by atoms with Gasteiger partial charge >= 0.3 is 0 Å². The number of likely N-dealkylation sites (tertiary alicyclic amines) is 1. The van der Waals surface area contributed by atoms with Gasteiger partial charge in [-0.15, -0.1) is 0 Å². The Morgan fingerprint density at radius 3 is 2.79 bits per heavy atom. The van der Waals surface area contributed by atoms with Crippen LogP contribution in [0.15, 0.2) is 0 Å². The van der Waals surface area contributed by atoms with E-state index in [9.17, 15) is 5.11 Å². The molecule has 0 radical (unpaired) electrons. The van der Waals surface area contributed by atoms with Gasteiger partial charge in [0.15, 0.2) is 0 Å². The lowest BCUT2D eigenvalue weighted by molar-refractivity contribution is 0.180. The van der Waals surface area contributed by atoms with Gasteiger partial charge < -0.3 is 15.7 Å². The van der Waals surface area contributed by atoms with Crippen LogP contribution in [0, 0.1) is 0 Å². The van der Waals surface area contributed by atoms with Crippen LogP contribution in [-0.2, 0) is 0 Å². The quantitative estimate of drug-likeness (QED) is 0.608. The van der Waals surface area contributed by atoms with Gasteiger partial charge in [-0.2, -0.15) is 0 Å². The third-order valence-electron chi connectivity index (χ3n) is 2.44. The van der Waals surface area contributed by atoms with E-state index < -0.39 is 0 Å². The predicted molar refractivity (Wildman–Crippen MR) is 61.3 cm³/mol. The Hall–Kier alpha value is -0.230. The molecule has 0 saturated carbocycles. The van der Waals surface area contributed by atoms with E-state index >= 15 is 0 Å². The van der Waals surface area contributed by atoms with Crippen LogP contribution in [0.1, 0.15) is 6.42 Å². The fourth-order valence-corrected chi connectivity index (χ4v) is 2.13. The predicted octanol–water partition coefficient (Wildman–Crippen LogP) is -0.731. The van der Waals surface area contributed by atoms with Gasteiger partial charge in [0.1, 0.15) is 0 Å². The van der Waals surface area contributed by atoms with Gasteiger partial charge in [-0.05, 0) is 20.5 Å². The maximum Gasteiger partial charge on any atom is 0.0870 e. The van der Waals surface area contributed by atoms with E-state index in [2.05, 4.69) is 9.80 Å². The van der Waals surface area contributed by atoms with Crippen molar-refractivity contribution in [2.24, 2.45) is 5.73 Å². The van der Waals surface area contributed by atoms with Crippen molar-refractivity contribution in [3.8, 4) is 0 Å². The summed E-state index contributed by atoms with van der Waals surface area (Å²) in [5, 5.41) is 9.55. The topological polar surface area (TPSA) is 52.7 Å². The third kappa shape index (κ3) is 3.49. The van der Waals surface area contributed by atoms with Crippen molar-refractivity contribution >= 4 is 17.2 Å². The van der Waals surface area contributed by atoms with Crippen LogP contribution in [0.5, 0.6) is 0 Å². The van der Waals surface area contributed by atoms with Crippen LogP contribution in [0.3, 0.4) is 0 Å². The molecule has 14 heavy (non-hydrogen) atoms. The molecule has 1 heterocycles. The Morgan fingerprint density at radius 1 is 1.64 bits per heavy atom. The first-order chi connectivity index (χ1) is 6.49. The lowest BCUT2D eigenvalue weighted by Gasteiger charge is -2.25. The molecule has 1 rings (SSSR count). The van der Waals surface area contributed by atoms with Crippen LogP contribution in [-0.4, -0.2) is 65.8 Å². The SMILES string of the molecule is CN(C)CC1CC(O)CN1CC(N)=S. The minimum atomic E-state index is -0.228. The fourth-order valence-electron chi connectivity index (χ4n) is 1.96. The molecule has 0 amide bonds. The number of rotatable bonds is 4. The smallest absolute Gasteiger partial charge is 0.0870 e. The van der Waals surface area contributed by atoms with Crippen molar-refractivity contribution in [2.75, 3.05) is 33.7 Å². The van der Waals surface area contributed by atoms with E-state index in [0.29, 0.717) is 24.1 Å². The van der Waals surface area contributed by atoms with Crippen molar-refractivity contribution in [3.63, 3.8) is 0 Å². The molecule has 0 spiro atoms. The molecule has 0 aliphatic carbocycles. The van der Waals surface area contributed by atoms with Crippen molar-refractivity contribution in [2.45, 2.75) is 18.6 Å². The third-order valence-corrected chi connectivity index (χ3v) is 2.57. The molecular weight excluding hydrogens is 198 g/mol. The summed E-state index contributed by atoms with van der Waals surface area (Å²) in [6.45, 7) is 2.25. The number of β-amino-alcohol motifs (C(OH)–C–C–N with tert-alkyl or cyclic N) is 1. The van der Waals surface area contributed by atoms with Crippen molar-refractivity contribution in [3.05, 3.63) is 0 Å². The summed E-state index contributed by atoms with van der Waals surface area (Å²) in [4.78, 5) is 4.78. The van der Waals surface area contributed by atoms with E-state index in [0.717, 1.165) is 13.0 Å². The van der Waals surface area contributed by atoms with Crippen LogP contribution >= 0.6 is 12.2 Å². The van der Waals surface area contributed by atoms with Crippen molar-refractivity contribution in [1.29, 1.82) is 0 Å². The minimum absolute atomic E-state index is 0.228. The first-order valence-corrected chi connectivity index (χ1v) is 5.25.